The summed E-state index contributed by atoms with van der Waals surface area (Å²) < 4.78 is 18.6. The van der Waals surface area contributed by atoms with Crippen LogP contribution >= 0.6 is 0 Å². The summed E-state index contributed by atoms with van der Waals surface area (Å²) in [5, 5.41) is 2.84. The van der Waals surface area contributed by atoms with Crippen LogP contribution in [0.25, 0.3) is 0 Å². The number of hydrogen-bond acceptors (Lipinski definition) is 5. The summed E-state index contributed by atoms with van der Waals surface area (Å²) in [6.45, 7) is 1.90. The number of nitrogens with one attached hydrogen (secondary N) is 1. The van der Waals surface area contributed by atoms with E-state index in [4.69, 9.17) is 10.5 Å². The van der Waals surface area contributed by atoms with E-state index < -0.39 is 5.82 Å². The molecule has 0 spiro atoms. The molecule has 0 saturated heterocycles. The summed E-state index contributed by atoms with van der Waals surface area (Å²) in [7, 11) is 1.60. The molecule has 0 aliphatic carbocycles. The molecule has 5 nitrogen and oxygen atoms in total. The molecule has 94 valence electrons. The molecule has 0 aliphatic heterocycles. The molecule has 2 rings (SSSR count). The Kier molecular flexibility index (Phi) is 3.27. The van der Waals surface area contributed by atoms with Crippen molar-refractivity contribution in [2.75, 3.05) is 18.2 Å². The van der Waals surface area contributed by atoms with Gasteiger partial charge in [-0.3, -0.25) is 0 Å². The Balaban J connectivity index is 2.28. The molecular formula is C12H13FN4O. The van der Waals surface area contributed by atoms with Gasteiger partial charge in [0.2, 0.25) is 5.95 Å². The molecule has 1 heterocycles. The molecular weight excluding hydrogens is 235 g/mol. The lowest BCUT2D eigenvalue weighted by atomic mass is 10.2. The number of benzene rings is 1. The number of aromatic nitrogens is 2. The van der Waals surface area contributed by atoms with E-state index in [0.29, 0.717) is 5.69 Å². The first-order chi connectivity index (χ1) is 8.60. The molecule has 3 N–H and O–H groups in total. The number of rotatable bonds is 3. The minimum absolute atomic E-state index is 0.0177. The van der Waals surface area contributed by atoms with Gasteiger partial charge in [0.1, 0.15) is 5.75 Å². The van der Waals surface area contributed by atoms with Crippen molar-refractivity contribution in [3.05, 3.63) is 35.8 Å². The van der Waals surface area contributed by atoms with E-state index in [1.54, 1.807) is 19.2 Å². The van der Waals surface area contributed by atoms with Crippen LogP contribution in [-0.2, 0) is 0 Å². The first-order valence-corrected chi connectivity index (χ1v) is 5.30. The smallest absolute Gasteiger partial charge is 0.222 e. The summed E-state index contributed by atoms with van der Waals surface area (Å²) in [5.74, 6) is 0.275. The molecule has 0 saturated carbocycles. The summed E-state index contributed by atoms with van der Waals surface area (Å²) in [6, 6.07) is 5.39. The van der Waals surface area contributed by atoms with Gasteiger partial charge in [-0.15, -0.1) is 0 Å². The number of nitrogens with two attached hydrogens (primary N) is 1. The maximum Gasteiger partial charge on any atom is 0.222 e. The quantitative estimate of drug-likeness (QED) is 0.871. The van der Waals surface area contributed by atoms with E-state index in [-0.39, 0.29) is 11.8 Å². The fraction of sp³-hybridized carbons (Fsp3) is 0.167. The molecule has 2 aromatic rings. The molecule has 0 amide bonds. The Morgan fingerprint density at radius 2 is 2.17 bits per heavy atom. The van der Waals surface area contributed by atoms with Gasteiger partial charge in [-0.2, -0.15) is 4.98 Å². The lowest BCUT2D eigenvalue weighted by Gasteiger charge is -2.09. The number of hydrogen-bond donors (Lipinski definition) is 2. The number of anilines is 3. The van der Waals surface area contributed by atoms with Gasteiger partial charge in [0.25, 0.3) is 0 Å². The summed E-state index contributed by atoms with van der Waals surface area (Å²) in [4.78, 5) is 7.35. The molecule has 0 radical (unpaired) electrons. The van der Waals surface area contributed by atoms with Crippen molar-refractivity contribution in [1.82, 2.24) is 9.97 Å². The first kappa shape index (κ1) is 12.1. The normalized spacial score (nSPS) is 10.2. The number of methoxy groups -OCH3 is 1. The zero-order valence-electron chi connectivity index (χ0n) is 10.1. The third-order valence-electron chi connectivity index (χ3n) is 2.42. The van der Waals surface area contributed by atoms with Crippen LogP contribution in [-0.4, -0.2) is 17.1 Å². The second kappa shape index (κ2) is 4.87. The monoisotopic (exact) mass is 248 g/mol. The third-order valence-corrected chi connectivity index (χ3v) is 2.42. The SMILES string of the molecule is COc1ccc(Nc2nc(N)ncc2F)cc1C. The highest BCUT2D eigenvalue weighted by molar-refractivity contribution is 5.60. The van der Waals surface area contributed by atoms with Gasteiger partial charge in [-0.05, 0) is 30.7 Å². The van der Waals surface area contributed by atoms with Crippen LogP contribution in [0.1, 0.15) is 5.56 Å². The second-order valence-electron chi connectivity index (χ2n) is 3.73. The van der Waals surface area contributed by atoms with E-state index in [2.05, 4.69) is 15.3 Å². The van der Waals surface area contributed by atoms with Crippen molar-refractivity contribution in [2.45, 2.75) is 6.92 Å². The highest BCUT2D eigenvalue weighted by atomic mass is 19.1. The van der Waals surface area contributed by atoms with Crippen molar-refractivity contribution in [3.8, 4) is 5.75 Å². The van der Waals surface area contributed by atoms with Gasteiger partial charge in [0, 0.05) is 5.69 Å². The van der Waals surface area contributed by atoms with Crippen LogP contribution in [0.15, 0.2) is 24.4 Å². The van der Waals surface area contributed by atoms with E-state index in [0.717, 1.165) is 17.5 Å². The number of ether oxygens (including phenoxy) is 1. The molecule has 0 atom stereocenters. The Morgan fingerprint density at radius 3 is 2.83 bits per heavy atom. The number of aryl methyl sites for hydroxylation is 1. The fourth-order valence-corrected chi connectivity index (χ4v) is 1.56. The third kappa shape index (κ3) is 2.48. The summed E-state index contributed by atoms with van der Waals surface area (Å²) in [5.41, 5.74) is 7.04. The Bertz CT molecular complexity index is 574. The van der Waals surface area contributed by atoms with Crippen molar-refractivity contribution >= 4 is 17.5 Å². The Hall–Kier alpha value is -2.37. The molecule has 18 heavy (non-hydrogen) atoms. The molecule has 1 aromatic heterocycles. The predicted octanol–water partition coefficient (Wildman–Crippen LogP) is 2.26. The van der Waals surface area contributed by atoms with Crippen LogP contribution in [0.3, 0.4) is 0 Å². The van der Waals surface area contributed by atoms with E-state index in [1.807, 2.05) is 13.0 Å². The van der Waals surface area contributed by atoms with Crippen molar-refractivity contribution in [1.29, 1.82) is 0 Å². The molecule has 0 aliphatic rings. The minimum Gasteiger partial charge on any atom is -0.496 e. The van der Waals surface area contributed by atoms with Crippen LogP contribution in [0.2, 0.25) is 0 Å². The first-order valence-electron chi connectivity index (χ1n) is 5.30. The number of nitrogens with zero attached hydrogens (tertiary/aromatic N) is 2. The van der Waals surface area contributed by atoms with E-state index >= 15 is 0 Å². The topological polar surface area (TPSA) is 73.1 Å². The zero-order valence-corrected chi connectivity index (χ0v) is 10.1. The van der Waals surface area contributed by atoms with E-state index in [1.165, 1.54) is 0 Å². The van der Waals surface area contributed by atoms with Gasteiger partial charge in [0.05, 0.1) is 13.3 Å². The number of halogens is 1. The predicted molar refractivity (Wildman–Crippen MR) is 67.4 cm³/mol. The Morgan fingerprint density at radius 1 is 1.39 bits per heavy atom. The molecule has 6 heteroatoms. The average Bonchev–Trinajstić information content (AvgIpc) is 2.34. The molecule has 0 fully saturated rings. The summed E-state index contributed by atoms with van der Waals surface area (Å²) in [6.07, 6.45) is 1.03. The molecule has 1 aromatic carbocycles. The van der Waals surface area contributed by atoms with Crippen molar-refractivity contribution in [3.63, 3.8) is 0 Å². The van der Waals surface area contributed by atoms with Crippen LogP contribution in [0.5, 0.6) is 5.75 Å². The fourth-order valence-electron chi connectivity index (χ4n) is 1.56. The maximum absolute atomic E-state index is 13.4. The second-order valence-corrected chi connectivity index (χ2v) is 3.73. The minimum atomic E-state index is -0.558. The summed E-state index contributed by atoms with van der Waals surface area (Å²) >= 11 is 0. The number of nitrogen functional groups attached to an aromatic ring is 1. The van der Waals surface area contributed by atoms with Crippen LogP contribution in [0.4, 0.5) is 21.8 Å². The van der Waals surface area contributed by atoms with Crippen molar-refractivity contribution in [2.24, 2.45) is 0 Å². The molecule has 0 bridgehead atoms. The Labute approximate surface area is 104 Å². The standard InChI is InChI=1S/C12H13FN4O/c1-7-5-8(3-4-10(7)18-2)16-11-9(13)6-15-12(14)17-11/h3-6H,1-2H3,(H3,14,15,16,17). The maximum atomic E-state index is 13.4. The molecule has 0 unspecified atom stereocenters. The van der Waals surface area contributed by atoms with Gasteiger partial charge < -0.3 is 15.8 Å². The highest BCUT2D eigenvalue weighted by Crippen LogP contribution is 2.24. The highest BCUT2D eigenvalue weighted by Gasteiger charge is 2.07. The van der Waals surface area contributed by atoms with E-state index in [9.17, 15) is 4.39 Å². The zero-order chi connectivity index (χ0) is 13.1. The largest absolute Gasteiger partial charge is 0.496 e. The lowest BCUT2D eigenvalue weighted by molar-refractivity contribution is 0.412. The van der Waals surface area contributed by atoms with Gasteiger partial charge in [0.15, 0.2) is 11.6 Å². The lowest BCUT2D eigenvalue weighted by Crippen LogP contribution is -2.02. The van der Waals surface area contributed by atoms with Crippen LogP contribution in [0, 0.1) is 12.7 Å². The average molecular weight is 248 g/mol. The van der Waals surface area contributed by atoms with Gasteiger partial charge >= 0.3 is 0 Å². The van der Waals surface area contributed by atoms with Crippen molar-refractivity contribution < 1.29 is 9.13 Å². The van der Waals surface area contributed by atoms with Gasteiger partial charge in [-0.25, -0.2) is 9.37 Å². The van der Waals surface area contributed by atoms with Gasteiger partial charge in [-0.1, -0.05) is 0 Å². The van der Waals surface area contributed by atoms with Crippen LogP contribution < -0.4 is 15.8 Å².